The first-order valence-electron chi connectivity index (χ1n) is 6.95. The van der Waals surface area contributed by atoms with Gasteiger partial charge in [0.2, 0.25) is 0 Å². The molecule has 0 amide bonds. The van der Waals surface area contributed by atoms with E-state index >= 15 is 0 Å². The lowest BCUT2D eigenvalue weighted by Crippen LogP contribution is -1.94. The molecule has 0 aliphatic heterocycles. The normalized spacial score (nSPS) is 10.2. The van der Waals surface area contributed by atoms with E-state index in [0.717, 1.165) is 23.1 Å². The topological polar surface area (TPSA) is 35.5 Å². The number of carbonyl (C=O) groups is 1. The number of Topliss-reactive ketones (excluding diaryl/α,β-unsaturated/α-hetero) is 1. The lowest BCUT2D eigenvalue weighted by molar-refractivity contribution is -0.116. The van der Waals surface area contributed by atoms with Gasteiger partial charge in [-0.2, -0.15) is 0 Å². The van der Waals surface area contributed by atoms with Gasteiger partial charge in [-0.25, -0.2) is 0 Å². The number of hydrogen-bond donors (Lipinski definition) is 0. The third kappa shape index (κ3) is 3.85. The molecule has 0 aliphatic rings. The van der Waals surface area contributed by atoms with Gasteiger partial charge in [0.25, 0.3) is 0 Å². The molecule has 0 atom stereocenters. The minimum absolute atomic E-state index is 0.214. The van der Waals surface area contributed by atoms with Crippen LogP contribution in [-0.4, -0.2) is 20.0 Å². The fourth-order valence-electron chi connectivity index (χ4n) is 2.24. The maximum Gasteiger partial charge on any atom is 0.161 e. The average Bonchev–Trinajstić information content (AvgIpc) is 2.52. The fourth-order valence-corrected chi connectivity index (χ4v) is 2.24. The maximum atomic E-state index is 11.1. The highest BCUT2D eigenvalue weighted by molar-refractivity contribution is 5.76. The van der Waals surface area contributed by atoms with Crippen molar-refractivity contribution in [1.82, 2.24) is 0 Å². The molecule has 0 radical (unpaired) electrons. The van der Waals surface area contributed by atoms with E-state index in [4.69, 9.17) is 9.47 Å². The van der Waals surface area contributed by atoms with Gasteiger partial charge in [-0.1, -0.05) is 30.3 Å². The predicted molar refractivity (Wildman–Crippen MR) is 84.0 cm³/mol. The van der Waals surface area contributed by atoms with Crippen molar-refractivity contribution in [2.45, 2.75) is 19.8 Å². The molecule has 0 spiro atoms. The van der Waals surface area contributed by atoms with E-state index in [1.807, 2.05) is 30.3 Å². The van der Waals surface area contributed by atoms with Gasteiger partial charge < -0.3 is 14.3 Å². The molecule has 0 unspecified atom stereocenters. The summed E-state index contributed by atoms with van der Waals surface area (Å²) in [6.07, 6.45) is 1.35. The van der Waals surface area contributed by atoms with E-state index in [9.17, 15) is 4.79 Å². The fraction of sp³-hybridized carbons (Fsp3) is 0.278. The monoisotopic (exact) mass is 284 g/mol. The van der Waals surface area contributed by atoms with Crippen molar-refractivity contribution in [3.05, 3.63) is 48.0 Å². The lowest BCUT2D eigenvalue weighted by Gasteiger charge is -2.10. The van der Waals surface area contributed by atoms with Gasteiger partial charge in [0.15, 0.2) is 11.5 Å². The molecule has 3 nitrogen and oxygen atoms in total. The number of methoxy groups -OCH3 is 2. The van der Waals surface area contributed by atoms with E-state index in [1.165, 1.54) is 0 Å². The summed E-state index contributed by atoms with van der Waals surface area (Å²) in [6.45, 7) is 1.62. The average molecular weight is 284 g/mol. The Bertz CT molecular complexity index is 632. The highest BCUT2D eigenvalue weighted by atomic mass is 16.5. The van der Waals surface area contributed by atoms with E-state index in [2.05, 4.69) is 12.1 Å². The predicted octanol–water partition coefficient (Wildman–Crippen LogP) is 3.89. The van der Waals surface area contributed by atoms with Crippen LogP contribution in [0.4, 0.5) is 0 Å². The van der Waals surface area contributed by atoms with E-state index in [1.54, 1.807) is 21.1 Å². The summed E-state index contributed by atoms with van der Waals surface area (Å²) in [5, 5.41) is 0. The highest BCUT2D eigenvalue weighted by Gasteiger charge is 2.07. The molecule has 0 bridgehead atoms. The van der Waals surface area contributed by atoms with Crippen molar-refractivity contribution >= 4 is 5.78 Å². The molecule has 0 aromatic heterocycles. The van der Waals surface area contributed by atoms with Gasteiger partial charge in [-0.15, -0.1) is 0 Å². The first kappa shape index (κ1) is 15.1. The van der Waals surface area contributed by atoms with Crippen LogP contribution in [0.2, 0.25) is 0 Å². The molecule has 0 heterocycles. The standard InChI is InChI=1S/C18H20O3/c1-13(19)7-8-14-5-4-6-15(11-14)16-9-10-17(20-2)18(12-16)21-3/h4-6,9-12H,7-8H2,1-3H3. The zero-order valence-corrected chi connectivity index (χ0v) is 12.7. The Morgan fingerprint density at radius 1 is 0.952 bits per heavy atom. The van der Waals surface area contributed by atoms with Crippen molar-refractivity contribution in [3.8, 4) is 22.6 Å². The molecule has 2 aromatic rings. The summed E-state index contributed by atoms with van der Waals surface area (Å²) in [6, 6.07) is 14.1. The number of ketones is 1. The molecule has 0 aliphatic carbocycles. The quantitative estimate of drug-likeness (QED) is 0.807. The summed E-state index contributed by atoms with van der Waals surface area (Å²) < 4.78 is 10.6. The Hall–Kier alpha value is -2.29. The summed E-state index contributed by atoms with van der Waals surface area (Å²) in [7, 11) is 3.25. The maximum absolute atomic E-state index is 11.1. The van der Waals surface area contributed by atoms with Crippen LogP contribution in [-0.2, 0) is 11.2 Å². The molecular formula is C18H20O3. The largest absolute Gasteiger partial charge is 0.493 e. The molecular weight excluding hydrogens is 264 g/mol. The molecule has 21 heavy (non-hydrogen) atoms. The van der Waals surface area contributed by atoms with Crippen LogP contribution in [0.25, 0.3) is 11.1 Å². The van der Waals surface area contributed by atoms with Gasteiger partial charge in [0.1, 0.15) is 5.78 Å². The molecule has 0 saturated carbocycles. The Kier molecular flexibility index (Phi) is 4.99. The van der Waals surface area contributed by atoms with Crippen LogP contribution in [0, 0.1) is 0 Å². The minimum atomic E-state index is 0.214. The Labute approximate surface area is 125 Å². The molecule has 3 heteroatoms. The smallest absolute Gasteiger partial charge is 0.161 e. The van der Waals surface area contributed by atoms with Gasteiger partial charge in [0, 0.05) is 6.42 Å². The first-order chi connectivity index (χ1) is 10.1. The number of hydrogen-bond acceptors (Lipinski definition) is 3. The van der Waals surface area contributed by atoms with Crippen LogP contribution < -0.4 is 9.47 Å². The number of benzene rings is 2. The van der Waals surface area contributed by atoms with Crippen molar-refractivity contribution in [2.24, 2.45) is 0 Å². The summed E-state index contributed by atoms with van der Waals surface area (Å²) in [5.74, 6) is 1.64. The third-order valence-corrected chi connectivity index (χ3v) is 3.41. The van der Waals surface area contributed by atoms with Crippen molar-refractivity contribution in [3.63, 3.8) is 0 Å². The molecule has 0 fully saturated rings. The molecule has 0 N–H and O–H groups in total. The second kappa shape index (κ2) is 6.93. The Morgan fingerprint density at radius 3 is 2.33 bits per heavy atom. The Balaban J connectivity index is 2.29. The first-order valence-corrected chi connectivity index (χ1v) is 6.95. The summed E-state index contributed by atoms with van der Waals surface area (Å²) in [5.41, 5.74) is 3.34. The second-order valence-electron chi connectivity index (χ2n) is 4.97. The van der Waals surface area contributed by atoms with E-state index in [0.29, 0.717) is 17.9 Å². The molecule has 2 aromatic carbocycles. The van der Waals surface area contributed by atoms with Crippen molar-refractivity contribution < 1.29 is 14.3 Å². The minimum Gasteiger partial charge on any atom is -0.493 e. The number of carbonyl (C=O) groups excluding carboxylic acids is 1. The van der Waals surface area contributed by atoms with Crippen molar-refractivity contribution in [1.29, 1.82) is 0 Å². The van der Waals surface area contributed by atoms with Crippen LogP contribution in [0.1, 0.15) is 18.9 Å². The molecule has 2 rings (SSSR count). The van der Waals surface area contributed by atoms with Gasteiger partial charge >= 0.3 is 0 Å². The van der Waals surface area contributed by atoms with Crippen molar-refractivity contribution in [2.75, 3.05) is 14.2 Å². The number of ether oxygens (including phenoxy) is 2. The summed E-state index contributed by atoms with van der Waals surface area (Å²) in [4.78, 5) is 11.1. The lowest BCUT2D eigenvalue weighted by atomic mass is 10.00. The molecule has 110 valence electrons. The zero-order valence-electron chi connectivity index (χ0n) is 12.7. The third-order valence-electron chi connectivity index (χ3n) is 3.41. The second-order valence-corrected chi connectivity index (χ2v) is 4.97. The number of aryl methyl sites for hydroxylation is 1. The van der Waals surface area contributed by atoms with Gasteiger partial charge in [-0.05, 0) is 42.2 Å². The highest BCUT2D eigenvalue weighted by Crippen LogP contribution is 2.32. The van der Waals surface area contributed by atoms with Crippen LogP contribution in [0.5, 0.6) is 11.5 Å². The molecule has 0 saturated heterocycles. The SMILES string of the molecule is COc1ccc(-c2cccc(CCC(C)=O)c2)cc1OC. The van der Waals surface area contributed by atoms with E-state index in [-0.39, 0.29) is 5.78 Å². The van der Waals surface area contributed by atoms with Gasteiger partial charge in [-0.3, -0.25) is 0 Å². The van der Waals surface area contributed by atoms with Gasteiger partial charge in [0.05, 0.1) is 14.2 Å². The van der Waals surface area contributed by atoms with E-state index < -0.39 is 0 Å². The zero-order chi connectivity index (χ0) is 15.2. The number of rotatable bonds is 6. The van der Waals surface area contributed by atoms with Crippen LogP contribution in [0.3, 0.4) is 0 Å². The summed E-state index contributed by atoms with van der Waals surface area (Å²) >= 11 is 0. The van der Waals surface area contributed by atoms with Crippen LogP contribution >= 0.6 is 0 Å². The van der Waals surface area contributed by atoms with Crippen LogP contribution in [0.15, 0.2) is 42.5 Å². The Morgan fingerprint density at radius 2 is 1.67 bits per heavy atom.